The zero-order valence-electron chi connectivity index (χ0n) is 12.5. The standard InChI is InChI=1S/C19H10F5I/c20-16(11-7-3-1-4-8-11)13-14(15(13)18(21)19(22,23)24)17(25)12-9-5-2-6-10-12/h1-10H. The monoisotopic (exact) mass is 460 g/mol. The van der Waals surface area contributed by atoms with E-state index in [0.717, 1.165) is 0 Å². The molecule has 0 radical (unpaired) electrons. The molecule has 1 aliphatic rings. The zero-order valence-corrected chi connectivity index (χ0v) is 14.7. The molecule has 0 unspecified atom stereocenters. The van der Waals surface area contributed by atoms with Gasteiger partial charge >= 0.3 is 6.18 Å². The van der Waals surface area contributed by atoms with Crippen LogP contribution in [0.1, 0.15) is 11.1 Å². The number of rotatable bonds is 2. The van der Waals surface area contributed by atoms with Crippen molar-refractivity contribution in [2.24, 2.45) is 0 Å². The van der Waals surface area contributed by atoms with Crippen LogP contribution < -0.4 is 0 Å². The fraction of sp³-hybridized carbons (Fsp3) is 0.0526. The Balaban J connectivity index is 2.23. The quantitative estimate of drug-likeness (QED) is 0.334. The lowest BCUT2D eigenvalue weighted by Crippen LogP contribution is -2.07. The molecular weight excluding hydrogens is 450 g/mol. The third-order valence-corrected chi connectivity index (χ3v) is 4.81. The third kappa shape index (κ3) is 3.53. The molecule has 0 heterocycles. The molecule has 0 saturated heterocycles. The Morgan fingerprint density at radius 2 is 1.16 bits per heavy atom. The molecule has 0 bridgehead atoms. The molecule has 3 rings (SSSR count). The Hall–Kier alpha value is -1.96. The summed E-state index contributed by atoms with van der Waals surface area (Å²) in [4.78, 5) is 0. The van der Waals surface area contributed by atoms with Crippen LogP contribution >= 0.6 is 22.6 Å². The lowest BCUT2D eigenvalue weighted by atomic mass is 10.1. The van der Waals surface area contributed by atoms with E-state index in [-0.39, 0.29) is 16.7 Å². The van der Waals surface area contributed by atoms with Gasteiger partial charge in [0.05, 0.1) is 0 Å². The summed E-state index contributed by atoms with van der Waals surface area (Å²) in [5.41, 5.74) is -0.363. The van der Waals surface area contributed by atoms with Gasteiger partial charge in [0.15, 0.2) is 0 Å². The van der Waals surface area contributed by atoms with Crippen LogP contribution in [-0.4, -0.2) is 6.18 Å². The van der Waals surface area contributed by atoms with Crippen LogP contribution in [0, 0.1) is 0 Å². The van der Waals surface area contributed by atoms with Crippen LogP contribution in [0.4, 0.5) is 22.0 Å². The summed E-state index contributed by atoms with van der Waals surface area (Å²) in [6.07, 6.45) is -5.16. The maximum absolute atomic E-state index is 14.7. The summed E-state index contributed by atoms with van der Waals surface area (Å²) < 4.78 is 67.4. The minimum Gasteiger partial charge on any atom is -0.206 e. The smallest absolute Gasteiger partial charge is 0.206 e. The van der Waals surface area contributed by atoms with E-state index in [4.69, 9.17) is 0 Å². The summed E-state index contributed by atoms with van der Waals surface area (Å²) in [5, 5.41) is 0. The van der Waals surface area contributed by atoms with Crippen LogP contribution in [0.5, 0.6) is 0 Å². The van der Waals surface area contributed by atoms with Crippen LogP contribution in [-0.2, 0) is 0 Å². The maximum Gasteiger partial charge on any atom is 0.443 e. The molecule has 25 heavy (non-hydrogen) atoms. The van der Waals surface area contributed by atoms with Gasteiger partial charge in [0, 0.05) is 25.9 Å². The van der Waals surface area contributed by atoms with E-state index < -0.39 is 23.4 Å². The highest BCUT2D eigenvalue weighted by molar-refractivity contribution is 14.1. The van der Waals surface area contributed by atoms with Gasteiger partial charge in [0.25, 0.3) is 0 Å². The largest absolute Gasteiger partial charge is 0.443 e. The van der Waals surface area contributed by atoms with Crippen molar-refractivity contribution in [3.8, 4) is 0 Å². The minimum atomic E-state index is -5.16. The second kappa shape index (κ2) is 6.74. The molecule has 1 saturated carbocycles. The summed E-state index contributed by atoms with van der Waals surface area (Å²) in [5.74, 6) is -3.14. The van der Waals surface area contributed by atoms with Gasteiger partial charge in [0.1, 0.15) is 5.83 Å². The van der Waals surface area contributed by atoms with Gasteiger partial charge in [-0.25, -0.2) is 8.78 Å². The molecule has 0 N–H and O–H groups in total. The number of hydrogen-bond acceptors (Lipinski definition) is 0. The van der Waals surface area contributed by atoms with Gasteiger partial charge in [-0.05, 0) is 28.2 Å². The van der Waals surface area contributed by atoms with E-state index in [1.54, 1.807) is 48.5 Å². The molecule has 0 aliphatic heterocycles. The number of allylic oxidation sites excluding steroid dienone is 4. The maximum atomic E-state index is 14.7. The van der Waals surface area contributed by atoms with Gasteiger partial charge in [0.2, 0.25) is 5.83 Å². The Bertz CT molecular complexity index is 827. The summed E-state index contributed by atoms with van der Waals surface area (Å²) in [6.45, 7) is 0. The van der Waals surface area contributed by atoms with Crippen molar-refractivity contribution < 1.29 is 22.0 Å². The molecular formula is C19H10F5I. The Morgan fingerprint density at radius 3 is 1.64 bits per heavy atom. The number of alkyl halides is 3. The van der Waals surface area contributed by atoms with E-state index in [2.05, 4.69) is 0 Å². The molecule has 0 aromatic heterocycles. The van der Waals surface area contributed by atoms with Crippen LogP contribution in [0.3, 0.4) is 0 Å². The molecule has 128 valence electrons. The fourth-order valence-corrected chi connectivity index (χ4v) is 3.34. The second-order valence-electron chi connectivity index (χ2n) is 5.30. The fourth-order valence-electron chi connectivity index (χ4n) is 2.45. The molecule has 0 spiro atoms. The molecule has 6 heteroatoms. The lowest BCUT2D eigenvalue weighted by molar-refractivity contribution is -0.109. The highest BCUT2D eigenvalue weighted by atomic mass is 127. The number of benzene rings is 2. The Morgan fingerprint density at radius 1 is 0.680 bits per heavy atom. The van der Waals surface area contributed by atoms with E-state index in [9.17, 15) is 22.0 Å². The van der Waals surface area contributed by atoms with Crippen molar-refractivity contribution in [3.05, 3.63) is 94.3 Å². The van der Waals surface area contributed by atoms with E-state index in [0.29, 0.717) is 9.14 Å². The molecule has 2 aromatic rings. The van der Waals surface area contributed by atoms with Crippen molar-refractivity contribution in [3.63, 3.8) is 0 Å². The van der Waals surface area contributed by atoms with Crippen molar-refractivity contribution in [1.82, 2.24) is 0 Å². The lowest BCUT2D eigenvalue weighted by Gasteiger charge is -2.00. The second-order valence-corrected chi connectivity index (χ2v) is 6.38. The molecule has 1 aliphatic carbocycles. The van der Waals surface area contributed by atoms with Crippen LogP contribution in [0.2, 0.25) is 0 Å². The molecule has 0 nitrogen and oxygen atoms in total. The van der Waals surface area contributed by atoms with Gasteiger partial charge in [-0.15, -0.1) is 0 Å². The summed E-state index contributed by atoms with van der Waals surface area (Å²) in [7, 11) is 0. The predicted octanol–water partition coefficient (Wildman–Crippen LogP) is 7.01. The average Bonchev–Trinajstić information content (AvgIpc) is 3.35. The van der Waals surface area contributed by atoms with Gasteiger partial charge in [-0.1, -0.05) is 60.7 Å². The summed E-state index contributed by atoms with van der Waals surface area (Å²) in [6, 6.07) is 16.1. The van der Waals surface area contributed by atoms with E-state index >= 15 is 0 Å². The highest BCUT2D eigenvalue weighted by Crippen LogP contribution is 2.58. The predicted molar refractivity (Wildman–Crippen MR) is 96.0 cm³/mol. The van der Waals surface area contributed by atoms with Crippen molar-refractivity contribution in [2.45, 2.75) is 6.18 Å². The van der Waals surface area contributed by atoms with Crippen molar-refractivity contribution in [2.75, 3.05) is 0 Å². The molecule has 0 amide bonds. The first kappa shape index (κ1) is 17.8. The first-order valence-electron chi connectivity index (χ1n) is 7.21. The summed E-state index contributed by atoms with van der Waals surface area (Å²) >= 11 is 1.82. The first-order chi connectivity index (χ1) is 11.8. The van der Waals surface area contributed by atoms with Gasteiger partial charge in [-0.2, -0.15) is 13.2 Å². The minimum absolute atomic E-state index is 0.0389. The van der Waals surface area contributed by atoms with Crippen molar-refractivity contribution in [1.29, 1.82) is 0 Å². The van der Waals surface area contributed by atoms with Crippen molar-refractivity contribution >= 4 is 32.0 Å². The van der Waals surface area contributed by atoms with E-state index in [1.807, 2.05) is 22.6 Å². The van der Waals surface area contributed by atoms with Gasteiger partial charge < -0.3 is 0 Å². The van der Waals surface area contributed by atoms with Gasteiger partial charge in [-0.3, -0.25) is 0 Å². The molecule has 1 fully saturated rings. The molecule has 2 aromatic carbocycles. The SMILES string of the molecule is FC(=C1C(=C(I)c2ccccc2)C1=C(F)C(F)(F)F)c1ccccc1. The average molecular weight is 460 g/mol. The third-order valence-electron chi connectivity index (χ3n) is 3.65. The highest BCUT2D eigenvalue weighted by Gasteiger charge is 2.48. The first-order valence-corrected chi connectivity index (χ1v) is 8.28. The normalized spacial score (nSPS) is 20.2. The Labute approximate surface area is 154 Å². The van der Waals surface area contributed by atoms with Crippen LogP contribution in [0.15, 0.2) is 83.2 Å². The number of halogens is 6. The number of hydrogen-bond donors (Lipinski definition) is 0. The Kier molecular flexibility index (Phi) is 4.81. The molecule has 0 atom stereocenters. The zero-order chi connectivity index (χ0) is 18.2. The van der Waals surface area contributed by atoms with Crippen LogP contribution in [0.25, 0.3) is 9.41 Å². The topological polar surface area (TPSA) is 0 Å². The van der Waals surface area contributed by atoms with E-state index in [1.165, 1.54) is 12.1 Å².